The van der Waals surface area contributed by atoms with Crippen LogP contribution in [0.15, 0.2) is 30.5 Å². The van der Waals surface area contributed by atoms with Gasteiger partial charge in [-0.1, -0.05) is 19.9 Å². The lowest BCUT2D eigenvalue weighted by Gasteiger charge is -2.04. The van der Waals surface area contributed by atoms with Crippen LogP contribution in [0.2, 0.25) is 0 Å². The lowest BCUT2D eigenvalue weighted by atomic mass is 10.1. The van der Waals surface area contributed by atoms with Gasteiger partial charge in [0.15, 0.2) is 0 Å². The van der Waals surface area contributed by atoms with E-state index in [0.717, 1.165) is 0 Å². The minimum Gasteiger partial charge on any atom is -0.320 e. The molecule has 0 N–H and O–H groups in total. The van der Waals surface area contributed by atoms with Gasteiger partial charge in [0.25, 0.3) is 0 Å². The van der Waals surface area contributed by atoms with Crippen LogP contribution in [0, 0.1) is 6.92 Å². The molecule has 0 saturated carbocycles. The van der Waals surface area contributed by atoms with Gasteiger partial charge in [-0.15, -0.1) is 0 Å². The van der Waals surface area contributed by atoms with Crippen molar-refractivity contribution in [3.63, 3.8) is 0 Å². The highest BCUT2D eigenvalue weighted by Gasteiger charge is 2.07. The van der Waals surface area contributed by atoms with Crippen LogP contribution < -0.4 is 0 Å². The fourth-order valence-corrected chi connectivity index (χ4v) is 1.80. The predicted octanol–water partition coefficient (Wildman–Crippen LogP) is 3.37. The number of fused-ring (bicyclic) bond motifs is 1. The molecule has 68 valence electrons. The number of hydrogen-bond acceptors (Lipinski definition) is 0. The molecule has 0 amide bonds. The van der Waals surface area contributed by atoms with Gasteiger partial charge in [0, 0.05) is 17.4 Å². The summed E-state index contributed by atoms with van der Waals surface area (Å²) in [6.07, 6.45) is 2.14. The van der Waals surface area contributed by atoms with E-state index in [1.54, 1.807) is 0 Å². The van der Waals surface area contributed by atoms with E-state index in [1.807, 2.05) is 0 Å². The van der Waals surface area contributed by atoms with Crippen LogP contribution in [0.1, 0.15) is 31.0 Å². The highest BCUT2D eigenvalue weighted by atomic mass is 14.9. The lowest BCUT2D eigenvalue weighted by Crippen LogP contribution is -1.93. The molecule has 1 nitrogen and oxygen atoms in total. The van der Waals surface area contributed by atoms with E-state index in [1.165, 1.54) is 16.8 Å². The summed E-state index contributed by atoms with van der Waals surface area (Å²) in [4.78, 5) is 0. The summed E-state index contributed by atoms with van der Waals surface area (Å²) in [6.45, 7) is 6.63. The van der Waals surface area contributed by atoms with Crippen LogP contribution in [0.25, 0.3) is 5.52 Å². The molecule has 0 fully saturated rings. The van der Waals surface area contributed by atoms with Crippen molar-refractivity contribution in [1.82, 2.24) is 4.40 Å². The second-order valence-corrected chi connectivity index (χ2v) is 3.86. The molecule has 2 heterocycles. The van der Waals surface area contributed by atoms with Crippen molar-refractivity contribution < 1.29 is 0 Å². The molecule has 0 unspecified atom stereocenters. The molecule has 0 aliphatic carbocycles. The number of hydrogen-bond donors (Lipinski definition) is 0. The first-order chi connectivity index (χ1) is 6.20. The Balaban J connectivity index is 2.78. The molecule has 0 aliphatic rings. The van der Waals surface area contributed by atoms with Crippen molar-refractivity contribution in [1.29, 1.82) is 0 Å². The molecule has 0 atom stereocenters. The average Bonchev–Trinajstić information content (AvgIpc) is 2.45. The first kappa shape index (κ1) is 8.36. The Bertz CT molecular complexity index is 424. The SMILES string of the molecule is Cc1cc(C(C)C)n2ccccc12. The Morgan fingerprint density at radius 2 is 2.00 bits per heavy atom. The van der Waals surface area contributed by atoms with Crippen molar-refractivity contribution >= 4 is 5.52 Å². The largest absolute Gasteiger partial charge is 0.320 e. The molecule has 0 radical (unpaired) electrons. The van der Waals surface area contributed by atoms with Gasteiger partial charge in [-0.2, -0.15) is 0 Å². The van der Waals surface area contributed by atoms with E-state index in [2.05, 4.69) is 55.6 Å². The summed E-state index contributed by atoms with van der Waals surface area (Å²) in [7, 11) is 0. The summed E-state index contributed by atoms with van der Waals surface area (Å²) in [5.74, 6) is 0.587. The zero-order valence-electron chi connectivity index (χ0n) is 8.41. The molecular weight excluding hydrogens is 158 g/mol. The van der Waals surface area contributed by atoms with E-state index in [0.29, 0.717) is 5.92 Å². The smallest absolute Gasteiger partial charge is 0.0482 e. The fourth-order valence-electron chi connectivity index (χ4n) is 1.80. The Kier molecular flexibility index (Phi) is 1.87. The van der Waals surface area contributed by atoms with E-state index in [4.69, 9.17) is 0 Å². The second kappa shape index (κ2) is 2.91. The Morgan fingerprint density at radius 1 is 1.23 bits per heavy atom. The first-order valence-electron chi connectivity index (χ1n) is 4.76. The maximum atomic E-state index is 2.28. The maximum absolute atomic E-state index is 2.28. The van der Waals surface area contributed by atoms with Crippen molar-refractivity contribution in [2.45, 2.75) is 26.7 Å². The average molecular weight is 173 g/mol. The first-order valence-corrected chi connectivity index (χ1v) is 4.76. The summed E-state index contributed by atoms with van der Waals surface area (Å²) in [5, 5.41) is 0. The van der Waals surface area contributed by atoms with Crippen molar-refractivity contribution in [3.05, 3.63) is 41.7 Å². The van der Waals surface area contributed by atoms with Gasteiger partial charge in [0.1, 0.15) is 0 Å². The molecule has 0 bridgehead atoms. The van der Waals surface area contributed by atoms with E-state index < -0.39 is 0 Å². The van der Waals surface area contributed by atoms with Gasteiger partial charge in [-0.3, -0.25) is 0 Å². The minimum absolute atomic E-state index is 0.587. The number of aromatic nitrogens is 1. The zero-order valence-corrected chi connectivity index (χ0v) is 8.41. The number of rotatable bonds is 1. The van der Waals surface area contributed by atoms with Crippen LogP contribution in [-0.4, -0.2) is 4.40 Å². The van der Waals surface area contributed by atoms with Gasteiger partial charge < -0.3 is 4.40 Å². The van der Waals surface area contributed by atoms with Crippen LogP contribution >= 0.6 is 0 Å². The molecule has 2 rings (SSSR count). The van der Waals surface area contributed by atoms with Crippen molar-refractivity contribution in [2.24, 2.45) is 0 Å². The molecule has 0 aliphatic heterocycles. The fraction of sp³-hybridized carbons (Fsp3) is 0.333. The zero-order chi connectivity index (χ0) is 9.42. The Hall–Kier alpha value is -1.24. The maximum Gasteiger partial charge on any atom is 0.0482 e. The van der Waals surface area contributed by atoms with Crippen molar-refractivity contribution in [2.75, 3.05) is 0 Å². The third-order valence-corrected chi connectivity index (χ3v) is 2.50. The summed E-state index contributed by atoms with van der Waals surface area (Å²) in [6, 6.07) is 8.62. The van der Waals surface area contributed by atoms with Gasteiger partial charge >= 0.3 is 0 Å². The third kappa shape index (κ3) is 1.24. The summed E-state index contributed by atoms with van der Waals surface area (Å²) in [5.41, 5.74) is 4.09. The van der Waals surface area contributed by atoms with Crippen molar-refractivity contribution in [3.8, 4) is 0 Å². The summed E-state index contributed by atoms with van der Waals surface area (Å²) < 4.78 is 2.28. The highest BCUT2D eigenvalue weighted by molar-refractivity contribution is 5.57. The van der Waals surface area contributed by atoms with E-state index >= 15 is 0 Å². The Labute approximate surface area is 79.0 Å². The van der Waals surface area contributed by atoms with Gasteiger partial charge in [0.2, 0.25) is 0 Å². The normalized spacial score (nSPS) is 11.4. The van der Waals surface area contributed by atoms with Gasteiger partial charge in [0.05, 0.1) is 0 Å². The number of nitrogens with zero attached hydrogens (tertiary/aromatic N) is 1. The molecule has 0 spiro atoms. The monoisotopic (exact) mass is 173 g/mol. The van der Waals surface area contributed by atoms with Crippen LogP contribution in [0.5, 0.6) is 0 Å². The summed E-state index contributed by atoms with van der Waals surface area (Å²) >= 11 is 0. The molecule has 2 aromatic heterocycles. The third-order valence-electron chi connectivity index (χ3n) is 2.50. The quantitative estimate of drug-likeness (QED) is 0.622. The number of aryl methyl sites for hydroxylation is 1. The van der Waals surface area contributed by atoms with Crippen LogP contribution in [0.4, 0.5) is 0 Å². The molecule has 1 heteroatoms. The van der Waals surface area contributed by atoms with Crippen LogP contribution in [-0.2, 0) is 0 Å². The topological polar surface area (TPSA) is 4.41 Å². The molecular formula is C12H15N. The Morgan fingerprint density at radius 3 is 2.69 bits per heavy atom. The molecule has 13 heavy (non-hydrogen) atoms. The lowest BCUT2D eigenvalue weighted by molar-refractivity contribution is 0.809. The molecule has 0 aromatic carbocycles. The van der Waals surface area contributed by atoms with Gasteiger partial charge in [-0.25, -0.2) is 0 Å². The highest BCUT2D eigenvalue weighted by Crippen LogP contribution is 2.21. The predicted molar refractivity (Wildman–Crippen MR) is 56.2 cm³/mol. The standard InChI is InChI=1S/C12H15N/c1-9(2)12-8-10(3)11-6-4-5-7-13(11)12/h4-9H,1-3H3. The van der Waals surface area contributed by atoms with E-state index in [-0.39, 0.29) is 0 Å². The second-order valence-electron chi connectivity index (χ2n) is 3.86. The van der Waals surface area contributed by atoms with E-state index in [9.17, 15) is 0 Å². The molecule has 0 saturated heterocycles. The number of pyridine rings is 1. The van der Waals surface area contributed by atoms with Crippen LogP contribution in [0.3, 0.4) is 0 Å². The minimum atomic E-state index is 0.587. The van der Waals surface area contributed by atoms with Gasteiger partial charge in [-0.05, 0) is 36.6 Å². The molecule has 2 aromatic rings.